The highest BCUT2D eigenvalue weighted by molar-refractivity contribution is 6.36. The Morgan fingerprint density at radius 3 is 1.51 bits per heavy atom. The molecule has 0 saturated heterocycles. The van der Waals surface area contributed by atoms with Gasteiger partial charge in [0.15, 0.2) is 0 Å². The van der Waals surface area contributed by atoms with Gasteiger partial charge in [0.2, 0.25) is 0 Å². The Labute approximate surface area is 329 Å². The van der Waals surface area contributed by atoms with Crippen molar-refractivity contribution in [3.05, 3.63) is 212 Å². The monoisotopic (exact) mass is 725 g/mol. The van der Waals surface area contributed by atoms with Crippen LogP contribution in [-0.2, 0) is 0 Å². The molecule has 0 saturated carbocycles. The summed E-state index contributed by atoms with van der Waals surface area (Å²) in [6.07, 6.45) is 0. The number of benzene rings is 10. The third-order valence-electron chi connectivity index (χ3n) is 11.8. The van der Waals surface area contributed by atoms with E-state index in [2.05, 4.69) is 226 Å². The molecular formula is C54H35N3. The van der Waals surface area contributed by atoms with Gasteiger partial charge in [-0.15, -0.1) is 0 Å². The summed E-state index contributed by atoms with van der Waals surface area (Å²) in [6.45, 7) is 0. The molecule has 266 valence electrons. The number of hydrogen-bond acceptors (Lipinski definition) is 1. The van der Waals surface area contributed by atoms with Crippen LogP contribution in [0.25, 0.3) is 87.3 Å². The van der Waals surface area contributed by atoms with Crippen molar-refractivity contribution in [1.29, 1.82) is 0 Å². The van der Waals surface area contributed by atoms with E-state index < -0.39 is 0 Å². The molecule has 2 aromatic heterocycles. The summed E-state index contributed by atoms with van der Waals surface area (Å²) in [5.41, 5.74) is 10.5. The standard InChI is InChI=1S/C54H35N3/c1-3-16-37(17-4-1)55(38-18-5-2-6-19-38)41-32-34-51-48(35-41)43-21-11-13-25-49(43)56(51)39-28-30-40(31-29-39)57-50-26-14-12-24-46(50)53-47-33-27-36-15-7-8-20-42(36)52(47)44-22-9-10-23-45(44)54(53)57/h1-35H. The fourth-order valence-electron chi connectivity index (χ4n) is 9.44. The molecule has 0 bridgehead atoms. The van der Waals surface area contributed by atoms with Crippen molar-refractivity contribution in [3.63, 3.8) is 0 Å². The second-order valence-corrected chi connectivity index (χ2v) is 14.9. The van der Waals surface area contributed by atoms with Crippen molar-refractivity contribution in [2.24, 2.45) is 0 Å². The molecule has 0 atom stereocenters. The lowest BCUT2D eigenvalue weighted by atomic mass is 9.93. The summed E-state index contributed by atoms with van der Waals surface area (Å²) >= 11 is 0. The van der Waals surface area contributed by atoms with E-state index in [1.807, 2.05) is 0 Å². The maximum atomic E-state index is 2.48. The van der Waals surface area contributed by atoms with E-state index >= 15 is 0 Å². The molecule has 0 radical (unpaired) electrons. The third kappa shape index (κ3) is 4.73. The number of fused-ring (bicyclic) bond motifs is 13. The number of hydrogen-bond donors (Lipinski definition) is 0. The minimum Gasteiger partial charge on any atom is -0.310 e. The number of nitrogens with zero attached hydrogens (tertiary/aromatic N) is 3. The first-order valence-corrected chi connectivity index (χ1v) is 19.6. The highest BCUT2D eigenvalue weighted by Gasteiger charge is 2.21. The zero-order chi connectivity index (χ0) is 37.5. The molecule has 57 heavy (non-hydrogen) atoms. The Bertz CT molecular complexity index is 3460. The molecule has 3 nitrogen and oxygen atoms in total. The molecule has 10 aromatic carbocycles. The zero-order valence-corrected chi connectivity index (χ0v) is 31.0. The van der Waals surface area contributed by atoms with Gasteiger partial charge < -0.3 is 14.0 Å². The first-order chi connectivity index (χ1) is 28.3. The van der Waals surface area contributed by atoms with E-state index in [-0.39, 0.29) is 0 Å². The topological polar surface area (TPSA) is 13.1 Å². The van der Waals surface area contributed by atoms with Gasteiger partial charge in [0, 0.05) is 55.4 Å². The highest BCUT2D eigenvalue weighted by atomic mass is 15.1. The van der Waals surface area contributed by atoms with Crippen LogP contribution in [0.4, 0.5) is 17.1 Å². The molecule has 0 aliphatic carbocycles. The molecule has 0 amide bonds. The van der Waals surface area contributed by atoms with Crippen molar-refractivity contribution in [3.8, 4) is 11.4 Å². The molecule has 0 spiro atoms. The van der Waals surface area contributed by atoms with Gasteiger partial charge in [-0.05, 0) is 106 Å². The van der Waals surface area contributed by atoms with Crippen LogP contribution in [0.5, 0.6) is 0 Å². The van der Waals surface area contributed by atoms with Crippen molar-refractivity contribution in [2.45, 2.75) is 0 Å². The van der Waals surface area contributed by atoms with Gasteiger partial charge in [0.1, 0.15) is 0 Å². The number of para-hydroxylation sites is 4. The van der Waals surface area contributed by atoms with E-state index in [9.17, 15) is 0 Å². The second kappa shape index (κ2) is 12.5. The van der Waals surface area contributed by atoms with Crippen LogP contribution in [0.15, 0.2) is 212 Å². The van der Waals surface area contributed by atoms with Crippen molar-refractivity contribution < 1.29 is 0 Å². The lowest BCUT2D eigenvalue weighted by Gasteiger charge is -2.25. The summed E-state index contributed by atoms with van der Waals surface area (Å²) in [5, 5.41) is 12.7. The number of anilines is 3. The minimum atomic E-state index is 1.12. The summed E-state index contributed by atoms with van der Waals surface area (Å²) in [4.78, 5) is 2.33. The SMILES string of the molecule is c1ccc(N(c2ccccc2)c2ccc3c(c2)c2ccccc2n3-c2ccc(-n3c4ccccc4c4c5ccc6ccccc6c5c5ccccc5c43)cc2)cc1. The summed E-state index contributed by atoms with van der Waals surface area (Å²) in [5.74, 6) is 0. The number of rotatable bonds is 5. The average molecular weight is 726 g/mol. The molecule has 0 aliphatic rings. The predicted octanol–water partition coefficient (Wildman–Crippen LogP) is 14.8. The van der Waals surface area contributed by atoms with Gasteiger partial charge in [-0.1, -0.05) is 133 Å². The third-order valence-corrected chi connectivity index (χ3v) is 11.8. The van der Waals surface area contributed by atoms with Crippen LogP contribution < -0.4 is 4.90 Å². The number of aromatic nitrogens is 2. The predicted molar refractivity (Wildman–Crippen MR) is 242 cm³/mol. The average Bonchev–Trinajstić information content (AvgIpc) is 3.81. The highest BCUT2D eigenvalue weighted by Crippen LogP contribution is 2.45. The molecule has 2 heterocycles. The Kier molecular flexibility index (Phi) is 6.93. The molecule has 0 aliphatic heterocycles. The molecule has 12 aromatic rings. The molecule has 0 unspecified atom stereocenters. The molecule has 3 heteroatoms. The first-order valence-electron chi connectivity index (χ1n) is 19.6. The quantitative estimate of drug-likeness (QED) is 0.161. The fraction of sp³-hybridized carbons (Fsp3) is 0. The Morgan fingerprint density at radius 1 is 0.281 bits per heavy atom. The summed E-state index contributed by atoms with van der Waals surface area (Å²) in [7, 11) is 0. The maximum absolute atomic E-state index is 2.48. The van der Waals surface area contributed by atoms with E-state index in [1.54, 1.807) is 0 Å². The van der Waals surface area contributed by atoms with Gasteiger partial charge >= 0.3 is 0 Å². The van der Waals surface area contributed by atoms with E-state index in [0.717, 1.165) is 28.4 Å². The Hall–Kier alpha value is -7.62. The minimum absolute atomic E-state index is 1.12. The molecule has 12 rings (SSSR count). The van der Waals surface area contributed by atoms with Gasteiger partial charge in [-0.2, -0.15) is 0 Å². The van der Waals surface area contributed by atoms with Crippen LogP contribution in [0.3, 0.4) is 0 Å². The zero-order valence-electron chi connectivity index (χ0n) is 31.0. The maximum Gasteiger partial charge on any atom is 0.0625 e. The Morgan fingerprint density at radius 2 is 0.807 bits per heavy atom. The van der Waals surface area contributed by atoms with Crippen molar-refractivity contribution in [2.75, 3.05) is 4.90 Å². The van der Waals surface area contributed by atoms with E-state index in [0.29, 0.717) is 0 Å². The van der Waals surface area contributed by atoms with Crippen molar-refractivity contribution >= 4 is 93.0 Å². The summed E-state index contributed by atoms with van der Waals surface area (Å²) < 4.78 is 4.89. The lowest BCUT2D eigenvalue weighted by Crippen LogP contribution is -2.09. The van der Waals surface area contributed by atoms with Gasteiger partial charge in [-0.25, -0.2) is 0 Å². The first kappa shape index (κ1) is 31.7. The van der Waals surface area contributed by atoms with Crippen LogP contribution in [-0.4, -0.2) is 9.13 Å². The fourth-order valence-corrected chi connectivity index (χ4v) is 9.44. The largest absolute Gasteiger partial charge is 0.310 e. The van der Waals surface area contributed by atoms with Gasteiger partial charge in [-0.3, -0.25) is 0 Å². The molecule has 0 fully saturated rings. The molecule has 0 N–H and O–H groups in total. The second-order valence-electron chi connectivity index (χ2n) is 14.9. The lowest BCUT2D eigenvalue weighted by molar-refractivity contribution is 1.15. The van der Waals surface area contributed by atoms with E-state index in [1.165, 1.54) is 75.9 Å². The van der Waals surface area contributed by atoms with E-state index in [4.69, 9.17) is 0 Å². The van der Waals surface area contributed by atoms with Crippen LogP contribution in [0.1, 0.15) is 0 Å². The van der Waals surface area contributed by atoms with Gasteiger partial charge in [0.05, 0.1) is 22.1 Å². The van der Waals surface area contributed by atoms with Crippen LogP contribution >= 0.6 is 0 Å². The smallest absolute Gasteiger partial charge is 0.0625 e. The summed E-state index contributed by atoms with van der Waals surface area (Å²) in [6, 6.07) is 77.3. The van der Waals surface area contributed by atoms with Crippen LogP contribution in [0, 0.1) is 0 Å². The normalized spacial score (nSPS) is 11.9. The van der Waals surface area contributed by atoms with Gasteiger partial charge in [0.25, 0.3) is 0 Å². The van der Waals surface area contributed by atoms with Crippen molar-refractivity contribution in [1.82, 2.24) is 9.13 Å². The Balaban J connectivity index is 1.06. The van der Waals surface area contributed by atoms with Crippen LogP contribution in [0.2, 0.25) is 0 Å². The molecular weight excluding hydrogens is 691 g/mol.